The highest BCUT2D eigenvalue weighted by Crippen LogP contribution is 2.39. The summed E-state index contributed by atoms with van der Waals surface area (Å²) in [6.07, 6.45) is -3.39. The summed E-state index contributed by atoms with van der Waals surface area (Å²) < 4.78 is 38.8. The minimum Gasteiger partial charge on any atom is -0.382 e. The van der Waals surface area contributed by atoms with Gasteiger partial charge in [0.05, 0.1) is 39.7 Å². The molecule has 0 saturated carbocycles. The molecule has 7 aromatic carbocycles. The number of halogens is 3. The summed E-state index contributed by atoms with van der Waals surface area (Å²) in [5.41, 5.74) is 3.99. The molecule has 0 amide bonds. The molecule has 51 heavy (non-hydrogen) atoms. The lowest BCUT2D eigenvalue weighted by Gasteiger charge is -2.15. The molecule has 1 unspecified atom stereocenters. The Kier molecular flexibility index (Phi) is 9.30. The number of rotatable bonds is 9. The second-order valence-electron chi connectivity index (χ2n) is 12.1. The molecule has 1 atom stereocenters. The van der Waals surface area contributed by atoms with E-state index in [-0.39, 0.29) is 0 Å². The van der Waals surface area contributed by atoms with Crippen molar-refractivity contribution < 1.29 is 13.2 Å². The van der Waals surface area contributed by atoms with E-state index in [0.29, 0.717) is 34.5 Å². The van der Waals surface area contributed by atoms with Gasteiger partial charge in [0, 0.05) is 44.0 Å². The monoisotopic (exact) mass is 679 g/mol. The molecule has 1 N–H and O–H groups in total. The van der Waals surface area contributed by atoms with E-state index in [4.69, 9.17) is 5.11 Å². The Balaban J connectivity index is 1.17. The first kappa shape index (κ1) is 33.2. The van der Waals surface area contributed by atoms with Crippen molar-refractivity contribution >= 4 is 72.1 Å². The third kappa shape index (κ3) is 7.21. The molecule has 7 nitrogen and oxygen atoms in total. The second kappa shape index (κ2) is 14.3. The van der Waals surface area contributed by atoms with Crippen LogP contribution in [0.5, 0.6) is 0 Å². The van der Waals surface area contributed by atoms with Gasteiger partial charge in [0.2, 0.25) is 0 Å². The highest BCUT2D eigenvalue weighted by atomic mass is 19.4. The predicted molar refractivity (Wildman–Crippen MR) is 199 cm³/mol. The van der Waals surface area contributed by atoms with Crippen molar-refractivity contribution in [3.05, 3.63) is 139 Å². The maximum Gasteiger partial charge on any atom is 0.416 e. The fourth-order valence-corrected chi connectivity index (χ4v) is 5.79. The molecule has 0 heterocycles. The van der Waals surface area contributed by atoms with Crippen LogP contribution >= 0.6 is 0 Å². The van der Waals surface area contributed by atoms with Crippen molar-refractivity contribution in [2.45, 2.75) is 32.5 Å². The molecule has 10 heteroatoms. The SMILES string of the molecule is CCC(C)Nc1ccc(/N=N/c2ccc(/N=N/c3ccc(/N=N/c4ccc(C(F)(F)F)cc4)c4ccccc34)c3ccccc23)c2ccccc12. The predicted octanol–water partition coefficient (Wildman–Crippen LogP) is 14.6. The third-order valence-electron chi connectivity index (χ3n) is 8.67. The van der Waals surface area contributed by atoms with Crippen LogP contribution in [0.3, 0.4) is 0 Å². The molecule has 0 bridgehead atoms. The molecule has 7 aromatic rings. The van der Waals surface area contributed by atoms with Gasteiger partial charge in [-0.2, -0.15) is 18.3 Å². The van der Waals surface area contributed by atoms with Crippen LogP contribution in [0.4, 0.5) is 53.0 Å². The molecule has 0 aliphatic heterocycles. The Labute approximate surface area is 292 Å². The molecule has 0 aromatic heterocycles. The van der Waals surface area contributed by atoms with Crippen LogP contribution in [0.15, 0.2) is 164 Å². The van der Waals surface area contributed by atoms with Gasteiger partial charge in [-0.25, -0.2) is 0 Å². The number of benzene rings is 7. The standard InChI is InChI=1S/C41H32F3N7/c1-3-26(2)45-35-20-21-37(30-11-5-4-10-29(30)35)48-49-39-24-25-40(34-15-9-8-14-33(34)39)51-50-38-23-22-36(31-12-6-7-13-32(31)38)47-46-28-18-16-27(17-19-28)41(42,43)44/h4-26,45H,3H2,1-2H3/b47-46+,49-48+,51-50+. The van der Waals surface area contributed by atoms with Gasteiger partial charge in [0.15, 0.2) is 0 Å². The number of nitrogens with one attached hydrogen (secondary N) is 1. The van der Waals surface area contributed by atoms with Crippen molar-refractivity contribution in [1.82, 2.24) is 0 Å². The normalized spacial score (nSPS) is 13.0. The summed E-state index contributed by atoms with van der Waals surface area (Å²) in [6, 6.07) is 40.0. The number of alkyl halides is 3. The van der Waals surface area contributed by atoms with Gasteiger partial charge in [-0.3, -0.25) is 0 Å². The zero-order valence-electron chi connectivity index (χ0n) is 27.8. The van der Waals surface area contributed by atoms with Crippen LogP contribution in [0.1, 0.15) is 25.8 Å². The van der Waals surface area contributed by atoms with E-state index in [0.717, 1.165) is 62.2 Å². The average Bonchev–Trinajstić information content (AvgIpc) is 3.16. The molecular formula is C41H32F3N7. The lowest BCUT2D eigenvalue weighted by molar-refractivity contribution is -0.137. The fraction of sp³-hybridized carbons (Fsp3) is 0.122. The van der Waals surface area contributed by atoms with E-state index in [9.17, 15) is 13.2 Å². The smallest absolute Gasteiger partial charge is 0.382 e. The van der Waals surface area contributed by atoms with E-state index in [2.05, 4.69) is 62.9 Å². The number of nitrogens with zero attached hydrogens (tertiary/aromatic N) is 6. The molecule has 0 aliphatic rings. The quantitative estimate of drug-likeness (QED) is 0.151. The van der Waals surface area contributed by atoms with Gasteiger partial charge in [-0.15, -0.1) is 25.6 Å². The number of hydrogen-bond acceptors (Lipinski definition) is 7. The van der Waals surface area contributed by atoms with Crippen molar-refractivity contribution in [2.24, 2.45) is 30.7 Å². The Morgan fingerprint density at radius 1 is 0.471 bits per heavy atom. The zero-order valence-corrected chi connectivity index (χ0v) is 27.8. The molecule has 7 rings (SSSR count). The Morgan fingerprint density at radius 3 is 1.22 bits per heavy atom. The van der Waals surface area contributed by atoms with Gasteiger partial charge < -0.3 is 5.32 Å². The van der Waals surface area contributed by atoms with Crippen molar-refractivity contribution in [1.29, 1.82) is 0 Å². The van der Waals surface area contributed by atoms with Gasteiger partial charge in [0.1, 0.15) is 0 Å². The summed E-state index contributed by atoms with van der Waals surface area (Å²) in [6.45, 7) is 4.33. The van der Waals surface area contributed by atoms with Crippen molar-refractivity contribution in [3.63, 3.8) is 0 Å². The molecule has 0 radical (unpaired) electrons. The zero-order chi connectivity index (χ0) is 35.4. The minimum atomic E-state index is -4.41. The van der Waals surface area contributed by atoms with Crippen LogP contribution in [0.25, 0.3) is 32.3 Å². The Hall–Kier alpha value is -6.29. The number of anilines is 1. The van der Waals surface area contributed by atoms with E-state index >= 15 is 0 Å². The van der Waals surface area contributed by atoms with E-state index in [1.165, 1.54) is 12.1 Å². The second-order valence-corrected chi connectivity index (χ2v) is 12.1. The van der Waals surface area contributed by atoms with Crippen LogP contribution in [0, 0.1) is 0 Å². The molecule has 0 saturated heterocycles. The molecule has 0 aliphatic carbocycles. The van der Waals surface area contributed by atoms with E-state index < -0.39 is 11.7 Å². The van der Waals surface area contributed by atoms with Crippen LogP contribution in [-0.4, -0.2) is 6.04 Å². The minimum absolute atomic E-state index is 0.311. The molecule has 0 spiro atoms. The van der Waals surface area contributed by atoms with Gasteiger partial charge in [-0.05, 0) is 74.0 Å². The summed E-state index contributed by atoms with van der Waals surface area (Å²) in [4.78, 5) is 0. The number of hydrogen-bond donors (Lipinski definition) is 1. The largest absolute Gasteiger partial charge is 0.416 e. The Morgan fingerprint density at radius 2 is 0.824 bits per heavy atom. The van der Waals surface area contributed by atoms with E-state index in [1.54, 1.807) is 12.1 Å². The first-order valence-electron chi connectivity index (χ1n) is 16.5. The van der Waals surface area contributed by atoms with Gasteiger partial charge >= 0.3 is 6.18 Å². The van der Waals surface area contributed by atoms with Crippen LogP contribution in [-0.2, 0) is 6.18 Å². The molecular weight excluding hydrogens is 647 g/mol. The Bertz CT molecular complexity index is 2450. The van der Waals surface area contributed by atoms with Crippen LogP contribution < -0.4 is 5.32 Å². The lowest BCUT2D eigenvalue weighted by Crippen LogP contribution is -2.13. The number of azo groups is 3. The van der Waals surface area contributed by atoms with Crippen molar-refractivity contribution in [3.8, 4) is 0 Å². The maximum atomic E-state index is 12.9. The first-order valence-corrected chi connectivity index (χ1v) is 16.5. The average molecular weight is 680 g/mol. The number of fused-ring (bicyclic) bond motifs is 3. The summed E-state index contributed by atoms with van der Waals surface area (Å²) in [5, 5.41) is 36.2. The maximum absolute atomic E-state index is 12.9. The van der Waals surface area contributed by atoms with Crippen molar-refractivity contribution in [2.75, 3.05) is 5.32 Å². The summed E-state index contributed by atoms with van der Waals surface area (Å²) in [7, 11) is 0. The van der Waals surface area contributed by atoms with Gasteiger partial charge in [-0.1, -0.05) is 79.7 Å². The highest BCUT2D eigenvalue weighted by molar-refractivity contribution is 6.02. The topological polar surface area (TPSA) is 86.2 Å². The molecule has 252 valence electrons. The molecule has 0 fully saturated rings. The lowest BCUT2D eigenvalue weighted by atomic mass is 10.1. The third-order valence-corrected chi connectivity index (χ3v) is 8.67. The van der Waals surface area contributed by atoms with Crippen LogP contribution in [0.2, 0.25) is 0 Å². The summed E-state index contributed by atoms with van der Waals surface area (Å²) in [5.74, 6) is 0. The highest BCUT2D eigenvalue weighted by Gasteiger charge is 2.30. The summed E-state index contributed by atoms with van der Waals surface area (Å²) >= 11 is 0. The first-order chi connectivity index (χ1) is 24.8. The van der Waals surface area contributed by atoms with E-state index in [1.807, 2.05) is 78.9 Å². The fourth-order valence-electron chi connectivity index (χ4n) is 5.79. The van der Waals surface area contributed by atoms with Gasteiger partial charge in [0.25, 0.3) is 0 Å².